The maximum atomic E-state index is 11.4. The SMILES string of the molecule is Cc1ccc(OOSN[C@H](Cc2c[nH]c3ccccc23)C(=O)O)s1. The standard InChI is InChI=1S/C16H16N2O4S2/c1-10-6-7-15(23-10)21-22-24-18-14(16(19)20)8-11-9-17-13-5-3-2-4-12(11)13/h2-7,9,14,17-18H,8H2,1H3,(H,19,20)/t14-/m1/s1. The zero-order valence-electron chi connectivity index (χ0n) is 12.8. The number of carboxylic acids is 1. The second-order valence-electron chi connectivity index (χ2n) is 5.17. The molecule has 3 N–H and O–H groups in total. The summed E-state index contributed by atoms with van der Waals surface area (Å²) in [7, 11) is 0. The third-order valence-corrected chi connectivity index (χ3v) is 4.83. The van der Waals surface area contributed by atoms with Crippen molar-refractivity contribution in [2.75, 3.05) is 0 Å². The molecular formula is C16H16N2O4S2. The molecule has 1 aromatic carbocycles. The molecule has 1 atom stereocenters. The van der Waals surface area contributed by atoms with Crippen LogP contribution in [0.2, 0.25) is 0 Å². The molecule has 0 saturated heterocycles. The van der Waals surface area contributed by atoms with E-state index in [9.17, 15) is 9.90 Å². The molecule has 2 aromatic heterocycles. The van der Waals surface area contributed by atoms with Gasteiger partial charge in [-0.25, -0.2) is 4.72 Å². The molecule has 0 aliphatic carbocycles. The van der Waals surface area contributed by atoms with Gasteiger partial charge in [-0.05, 0) is 30.7 Å². The summed E-state index contributed by atoms with van der Waals surface area (Å²) in [4.78, 5) is 20.8. The fourth-order valence-electron chi connectivity index (χ4n) is 2.28. The second kappa shape index (κ2) is 7.71. The molecule has 0 unspecified atom stereocenters. The average Bonchev–Trinajstić information content (AvgIpc) is 3.16. The van der Waals surface area contributed by atoms with Crippen molar-refractivity contribution in [3.8, 4) is 5.06 Å². The summed E-state index contributed by atoms with van der Waals surface area (Å²) >= 11 is 2.21. The molecule has 0 amide bonds. The number of hydrogen-bond acceptors (Lipinski definition) is 6. The van der Waals surface area contributed by atoms with Crippen LogP contribution in [0.25, 0.3) is 10.9 Å². The largest absolute Gasteiger partial charge is 0.480 e. The number of carbonyl (C=O) groups is 1. The summed E-state index contributed by atoms with van der Waals surface area (Å²) in [5, 5.41) is 11.0. The fraction of sp³-hybridized carbons (Fsp3) is 0.188. The highest BCUT2D eigenvalue weighted by Crippen LogP contribution is 2.24. The van der Waals surface area contributed by atoms with E-state index in [1.165, 1.54) is 11.3 Å². The Bertz CT molecular complexity index is 830. The van der Waals surface area contributed by atoms with Gasteiger partial charge in [0.05, 0.1) is 0 Å². The topological polar surface area (TPSA) is 83.6 Å². The van der Waals surface area contributed by atoms with Crippen molar-refractivity contribution in [1.29, 1.82) is 0 Å². The Balaban J connectivity index is 1.56. The molecule has 2 heterocycles. The number of rotatable bonds is 8. The number of H-pyrrole nitrogens is 1. The van der Waals surface area contributed by atoms with Gasteiger partial charge in [0.15, 0.2) is 0 Å². The lowest BCUT2D eigenvalue weighted by Gasteiger charge is -2.12. The first-order valence-electron chi connectivity index (χ1n) is 7.23. The van der Waals surface area contributed by atoms with Crippen molar-refractivity contribution in [2.45, 2.75) is 19.4 Å². The van der Waals surface area contributed by atoms with Gasteiger partial charge in [-0.2, -0.15) is 0 Å². The Morgan fingerprint density at radius 3 is 2.96 bits per heavy atom. The fourth-order valence-corrected chi connectivity index (χ4v) is 3.43. The molecule has 24 heavy (non-hydrogen) atoms. The van der Waals surface area contributed by atoms with Crippen LogP contribution in [0.15, 0.2) is 42.6 Å². The van der Waals surface area contributed by atoms with Gasteiger partial charge in [0.25, 0.3) is 0 Å². The van der Waals surface area contributed by atoms with E-state index in [-0.39, 0.29) is 0 Å². The molecular weight excluding hydrogens is 348 g/mol. The molecule has 126 valence electrons. The van der Waals surface area contributed by atoms with E-state index < -0.39 is 12.0 Å². The first kappa shape index (κ1) is 16.8. The third-order valence-electron chi connectivity index (χ3n) is 3.45. The summed E-state index contributed by atoms with van der Waals surface area (Å²) in [6, 6.07) is 10.7. The van der Waals surface area contributed by atoms with Crippen molar-refractivity contribution >= 4 is 40.4 Å². The highest BCUT2D eigenvalue weighted by molar-refractivity contribution is 7.92. The predicted octanol–water partition coefficient (Wildman–Crippen LogP) is 3.70. The number of carboxylic acid groups (broad SMARTS) is 1. The zero-order chi connectivity index (χ0) is 16.9. The van der Waals surface area contributed by atoms with Crippen LogP contribution in [0.3, 0.4) is 0 Å². The third kappa shape index (κ3) is 4.09. The zero-order valence-corrected chi connectivity index (χ0v) is 14.4. The van der Waals surface area contributed by atoms with Crippen LogP contribution in [0, 0.1) is 6.92 Å². The first-order valence-corrected chi connectivity index (χ1v) is 8.79. The van der Waals surface area contributed by atoms with Crippen LogP contribution in [0.4, 0.5) is 0 Å². The molecule has 0 bridgehead atoms. The Morgan fingerprint density at radius 2 is 2.21 bits per heavy atom. The molecule has 0 aliphatic rings. The molecule has 3 aromatic rings. The Hall–Kier alpha value is -2.00. The minimum absolute atomic E-state index is 0.327. The number of para-hydroxylation sites is 1. The van der Waals surface area contributed by atoms with E-state index in [4.69, 9.17) is 9.22 Å². The summed E-state index contributed by atoms with van der Waals surface area (Å²) in [5.74, 6) is -0.955. The van der Waals surface area contributed by atoms with Crippen LogP contribution in [-0.2, 0) is 15.5 Å². The van der Waals surface area contributed by atoms with Gasteiger partial charge < -0.3 is 15.0 Å². The van der Waals surface area contributed by atoms with E-state index in [0.717, 1.165) is 33.6 Å². The number of fused-ring (bicyclic) bond motifs is 1. The summed E-state index contributed by atoms with van der Waals surface area (Å²) in [6.45, 7) is 1.96. The Kier molecular flexibility index (Phi) is 5.41. The average molecular weight is 364 g/mol. The Morgan fingerprint density at radius 1 is 1.38 bits per heavy atom. The molecule has 3 rings (SSSR count). The normalized spacial score (nSPS) is 12.4. The van der Waals surface area contributed by atoms with Gasteiger partial charge in [0, 0.05) is 28.4 Å². The number of aromatic nitrogens is 1. The molecule has 0 aliphatic heterocycles. The lowest BCUT2D eigenvalue weighted by molar-refractivity contribution is -0.139. The van der Waals surface area contributed by atoms with E-state index in [0.29, 0.717) is 11.5 Å². The van der Waals surface area contributed by atoms with Gasteiger partial charge in [-0.3, -0.25) is 4.79 Å². The monoisotopic (exact) mass is 364 g/mol. The summed E-state index contributed by atoms with van der Waals surface area (Å²) in [5.41, 5.74) is 1.91. The van der Waals surface area contributed by atoms with E-state index in [2.05, 4.69) is 9.71 Å². The number of nitrogens with one attached hydrogen (secondary N) is 2. The number of thiophene rings is 1. The minimum Gasteiger partial charge on any atom is -0.480 e. The van der Waals surface area contributed by atoms with Crippen molar-refractivity contribution in [3.63, 3.8) is 0 Å². The van der Waals surface area contributed by atoms with Gasteiger partial charge in [-0.1, -0.05) is 22.5 Å². The van der Waals surface area contributed by atoms with Crippen LogP contribution in [-0.4, -0.2) is 22.1 Å². The van der Waals surface area contributed by atoms with Crippen molar-refractivity contribution in [3.05, 3.63) is 53.0 Å². The lowest BCUT2D eigenvalue weighted by atomic mass is 10.1. The van der Waals surface area contributed by atoms with Gasteiger partial charge in [0.1, 0.15) is 18.3 Å². The van der Waals surface area contributed by atoms with E-state index in [1.807, 2.05) is 43.5 Å². The molecule has 0 radical (unpaired) electrons. The highest BCUT2D eigenvalue weighted by atomic mass is 32.2. The molecule has 0 spiro atoms. The second-order valence-corrected chi connectivity index (χ2v) is 6.96. The van der Waals surface area contributed by atoms with Crippen molar-refractivity contribution < 1.29 is 19.1 Å². The summed E-state index contributed by atoms with van der Waals surface area (Å²) in [6.07, 6.45) is 2.16. The number of aryl methyl sites for hydroxylation is 1. The highest BCUT2D eigenvalue weighted by Gasteiger charge is 2.20. The predicted molar refractivity (Wildman–Crippen MR) is 94.9 cm³/mol. The molecule has 0 fully saturated rings. The van der Waals surface area contributed by atoms with E-state index in [1.54, 1.807) is 6.07 Å². The maximum absolute atomic E-state index is 11.4. The maximum Gasteiger partial charge on any atom is 0.321 e. The lowest BCUT2D eigenvalue weighted by Crippen LogP contribution is -2.34. The van der Waals surface area contributed by atoms with Crippen LogP contribution in [0.5, 0.6) is 5.06 Å². The Labute approximate surface area is 147 Å². The number of aliphatic carboxylic acids is 1. The molecule has 0 saturated carbocycles. The van der Waals surface area contributed by atoms with Crippen LogP contribution in [0.1, 0.15) is 10.4 Å². The summed E-state index contributed by atoms with van der Waals surface area (Å²) < 4.78 is 7.73. The van der Waals surface area contributed by atoms with Gasteiger partial charge in [0.2, 0.25) is 5.06 Å². The number of benzene rings is 1. The number of aromatic amines is 1. The van der Waals surface area contributed by atoms with Crippen molar-refractivity contribution in [2.24, 2.45) is 0 Å². The minimum atomic E-state index is -0.955. The molecule has 8 heteroatoms. The van der Waals surface area contributed by atoms with Gasteiger partial charge in [-0.15, -0.1) is 11.3 Å². The van der Waals surface area contributed by atoms with Crippen LogP contribution >= 0.6 is 23.6 Å². The smallest absolute Gasteiger partial charge is 0.321 e. The number of hydrogen-bond donors (Lipinski definition) is 3. The van der Waals surface area contributed by atoms with Crippen molar-refractivity contribution in [1.82, 2.24) is 9.71 Å². The van der Waals surface area contributed by atoms with Gasteiger partial charge >= 0.3 is 5.97 Å². The quantitative estimate of drug-likeness (QED) is 0.186. The van der Waals surface area contributed by atoms with Crippen LogP contribution < -0.4 is 9.61 Å². The molecule has 6 nitrogen and oxygen atoms in total. The van der Waals surface area contributed by atoms with E-state index >= 15 is 0 Å². The first-order chi connectivity index (χ1) is 11.6.